The number of ether oxygens (including phenoxy) is 2. The molecule has 0 heterocycles. The van der Waals surface area contributed by atoms with Crippen molar-refractivity contribution in [2.75, 3.05) is 26.8 Å². The molecule has 0 aromatic heterocycles. The predicted molar refractivity (Wildman–Crippen MR) is 82.5 cm³/mol. The van der Waals surface area contributed by atoms with Gasteiger partial charge in [-0.1, -0.05) is 13.0 Å². The maximum atomic E-state index is 5.66. The zero-order chi connectivity index (χ0) is 14.4. The van der Waals surface area contributed by atoms with Crippen molar-refractivity contribution in [1.29, 1.82) is 0 Å². The van der Waals surface area contributed by atoms with Crippen molar-refractivity contribution >= 4 is 0 Å². The van der Waals surface area contributed by atoms with Crippen LogP contribution in [0.1, 0.15) is 38.7 Å². The van der Waals surface area contributed by atoms with Crippen LogP contribution in [0, 0.1) is 5.92 Å². The van der Waals surface area contributed by atoms with Crippen LogP contribution in [0.2, 0.25) is 0 Å². The molecule has 1 aromatic rings. The summed E-state index contributed by atoms with van der Waals surface area (Å²) in [7, 11) is 1.69. The predicted octanol–water partition coefficient (Wildman–Crippen LogP) is 3.72. The normalized spacial score (nSPS) is 14.6. The maximum Gasteiger partial charge on any atom is 0.161 e. The zero-order valence-corrected chi connectivity index (χ0v) is 13.0. The van der Waals surface area contributed by atoms with E-state index in [1.165, 1.54) is 37.9 Å². The van der Waals surface area contributed by atoms with Gasteiger partial charge in [-0.15, -0.1) is 0 Å². The lowest BCUT2D eigenvalue weighted by Crippen LogP contribution is -2.26. The van der Waals surface area contributed by atoms with Crippen molar-refractivity contribution in [3.63, 3.8) is 0 Å². The summed E-state index contributed by atoms with van der Waals surface area (Å²) in [4.78, 5) is 2.56. The quantitative estimate of drug-likeness (QED) is 0.686. The average Bonchev–Trinajstić information content (AvgIpc) is 3.24. The number of nitrogens with zero attached hydrogens (tertiary/aromatic N) is 1. The Bertz CT molecular complexity index is 415. The summed E-state index contributed by atoms with van der Waals surface area (Å²) < 4.78 is 11.0. The van der Waals surface area contributed by atoms with E-state index in [1.54, 1.807) is 7.11 Å². The molecule has 1 aliphatic rings. The largest absolute Gasteiger partial charge is 0.493 e. The summed E-state index contributed by atoms with van der Waals surface area (Å²) in [5, 5.41) is 0. The van der Waals surface area contributed by atoms with Gasteiger partial charge in [-0.3, -0.25) is 4.90 Å². The average molecular weight is 277 g/mol. The van der Waals surface area contributed by atoms with Crippen LogP contribution in [0.5, 0.6) is 11.5 Å². The monoisotopic (exact) mass is 277 g/mol. The van der Waals surface area contributed by atoms with Crippen LogP contribution in [0.4, 0.5) is 0 Å². The van der Waals surface area contributed by atoms with E-state index in [1.807, 2.05) is 13.0 Å². The molecule has 0 aliphatic heterocycles. The van der Waals surface area contributed by atoms with E-state index in [4.69, 9.17) is 9.47 Å². The topological polar surface area (TPSA) is 21.7 Å². The van der Waals surface area contributed by atoms with Gasteiger partial charge < -0.3 is 9.47 Å². The second-order valence-electron chi connectivity index (χ2n) is 5.60. The van der Waals surface area contributed by atoms with Crippen LogP contribution in [0.3, 0.4) is 0 Å². The third-order valence-electron chi connectivity index (χ3n) is 3.69. The van der Waals surface area contributed by atoms with Gasteiger partial charge in [0, 0.05) is 13.1 Å². The van der Waals surface area contributed by atoms with E-state index in [0.29, 0.717) is 6.61 Å². The maximum absolute atomic E-state index is 5.66. The Balaban J connectivity index is 2.03. The fraction of sp³-hybridized carbons (Fsp3) is 0.647. The third kappa shape index (κ3) is 4.41. The van der Waals surface area contributed by atoms with E-state index < -0.39 is 0 Å². The molecular formula is C17H27NO2. The van der Waals surface area contributed by atoms with Gasteiger partial charge in [0.1, 0.15) is 0 Å². The molecule has 20 heavy (non-hydrogen) atoms. The van der Waals surface area contributed by atoms with Gasteiger partial charge in [0.15, 0.2) is 11.5 Å². The van der Waals surface area contributed by atoms with Crippen LogP contribution in [-0.2, 0) is 6.54 Å². The number of benzene rings is 1. The van der Waals surface area contributed by atoms with Crippen molar-refractivity contribution in [2.24, 2.45) is 5.92 Å². The molecular weight excluding hydrogens is 250 g/mol. The molecule has 0 N–H and O–H groups in total. The molecule has 112 valence electrons. The molecule has 0 amide bonds. The van der Waals surface area contributed by atoms with E-state index in [0.717, 1.165) is 24.0 Å². The fourth-order valence-corrected chi connectivity index (χ4v) is 2.56. The van der Waals surface area contributed by atoms with Crippen molar-refractivity contribution in [3.8, 4) is 11.5 Å². The number of rotatable bonds is 9. The molecule has 0 atom stereocenters. The molecule has 0 saturated heterocycles. The van der Waals surface area contributed by atoms with Crippen LogP contribution in [-0.4, -0.2) is 31.7 Å². The second-order valence-corrected chi connectivity index (χ2v) is 5.60. The first kappa shape index (κ1) is 15.2. The lowest BCUT2D eigenvalue weighted by atomic mass is 10.1. The van der Waals surface area contributed by atoms with Crippen molar-refractivity contribution in [3.05, 3.63) is 23.8 Å². The molecule has 1 aliphatic carbocycles. The van der Waals surface area contributed by atoms with Gasteiger partial charge >= 0.3 is 0 Å². The molecule has 1 fully saturated rings. The minimum atomic E-state index is 0.667. The highest BCUT2D eigenvalue weighted by Gasteiger charge is 2.24. The summed E-state index contributed by atoms with van der Waals surface area (Å²) in [5.41, 5.74) is 1.31. The molecule has 3 nitrogen and oxygen atoms in total. The second kappa shape index (κ2) is 7.53. The van der Waals surface area contributed by atoms with Gasteiger partial charge in [0.2, 0.25) is 0 Å². The fourth-order valence-electron chi connectivity index (χ4n) is 2.56. The van der Waals surface area contributed by atoms with Crippen molar-refractivity contribution in [2.45, 2.75) is 39.7 Å². The summed E-state index contributed by atoms with van der Waals surface area (Å²) in [6.45, 7) is 8.34. The van der Waals surface area contributed by atoms with Gasteiger partial charge in [-0.2, -0.15) is 0 Å². The first-order valence-electron chi connectivity index (χ1n) is 7.78. The Kier molecular flexibility index (Phi) is 5.72. The Hall–Kier alpha value is -1.22. The van der Waals surface area contributed by atoms with Crippen molar-refractivity contribution in [1.82, 2.24) is 4.90 Å². The first-order valence-corrected chi connectivity index (χ1v) is 7.78. The van der Waals surface area contributed by atoms with Gasteiger partial charge in [0.25, 0.3) is 0 Å². The van der Waals surface area contributed by atoms with E-state index >= 15 is 0 Å². The van der Waals surface area contributed by atoms with E-state index in [2.05, 4.69) is 24.0 Å². The van der Waals surface area contributed by atoms with Crippen LogP contribution in [0.25, 0.3) is 0 Å². The molecule has 0 radical (unpaired) electrons. The molecule has 3 heteroatoms. The summed E-state index contributed by atoms with van der Waals surface area (Å²) in [6.07, 6.45) is 4.03. The molecule has 1 saturated carbocycles. The summed E-state index contributed by atoms with van der Waals surface area (Å²) in [6, 6.07) is 6.29. The Morgan fingerprint density at radius 3 is 2.60 bits per heavy atom. The van der Waals surface area contributed by atoms with Gasteiger partial charge in [-0.25, -0.2) is 0 Å². The minimum Gasteiger partial charge on any atom is -0.493 e. The van der Waals surface area contributed by atoms with Crippen LogP contribution in [0.15, 0.2) is 18.2 Å². The highest BCUT2D eigenvalue weighted by molar-refractivity contribution is 5.42. The summed E-state index contributed by atoms with van der Waals surface area (Å²) >= 11 is 0. The number of hydrogen-bond donors (Lipinski definition) is 0. The Labute approximate surface area is 122 Å². The smallest absolute Gasteiger partial charge is 0.161 e. The number of methoxy groups -OCH3 is 1. The number of hydrogen-bond acceptors (Lipinski definition) is 3. The van der Waals surface area contributed by atoms with Crippen molar-refractivity contribution < 1.29 is 9.47 Å². The van der Waals surface area contributed by atoms with E-state index in [9.17, 15) is 0 Å². The van der Waals surface area contributed by atoms with Crippen LogP contribution < -0.4 is 9.47 Å². The van der Waals surface area contributed by atoms with Crippen LogP contribution >= 0.6 is 0 Å². The lowest BCUT2D eigenvalue weighted by Gasteiger charge is -2.22. The highest BCUT2D eigenvalue weighted by atomic mass is 16.5. The SMILES string of the molecule is CCCN(Cc1ccc(OC)c(OCC)c1)CC1CC1. The molecule has 0 bridgehead atoms. The van der Waals surface area contributed by atoms with E-state index in [-0.39, 0.29) is 0 Å². The van der Waals surface area contributed by atoms with Gasteiger partial charge in [-0.05, 0) is 56.3 Å². The lowest BCUT2D eigenvalue weighted by molar-refractivity contribution is 0.254. The minimum absolute atomic E-state index is 0.667. The molecule has 1 aromatic carbocycles. The highest BCUT2D eigenvalue weighted by Crippen LogP contribution is 2.31. The third-order valence-corrected chi connectivity index (χ3v) is 3.69. The molecule has 0 spiro atoms. The Morgan fingerprint density at radius 1 is 1.20 bits per heavy atom. The standard InChI is InChI=1S/C17H27NO2/c1-4-10-18(12-14-6-7-14)13-15-8-9-16(19-3)17(11-15)20-5-2/h8-9,11,14H,4-7,10,12-13H2,1-3H3. The van der Waals surface area contributed by atoms with Gasteiger partial charge in [0.05, 0.1) is 13.7 Å². The summed E-state index contributed by atoms with van der Waals surface area (Å²) in [5.74, 6) is 2.61. The zero-order valence-electron chi connectivity index (χ0n) is 13.0. The first-order chi connectivity index (χ1) is 9.76. The Morgan fingerprint density at radius 2 is 2.00 bits per heavy atom. The molecule has 0 unspecified atom stereocenters. The molecule has 2 rings (SSSR count).